The average molecular weight is 432 g/mol. The summed E-state index contributed by atoms with van der Waals surface area (Å²) in [4.78, 5) is 25.1. The maximum absolute atomic E-state index is 12.6. The van der Waals surface area contributed by atoms with Crippen LogP contribution in [0.2, 0.25) is 0 Å². The van der Waals surface area contributed by atoms with Crippen molar-refractivity contribution in [3.63, 3.8) is 0 Å². The van der Waals surface area contributed by atoms with E-state index in [0.29, 0.717) is 11.3 Å². The van der Waals surface area contributed by atoms with Gasteiger partial charge in [-0.1, -0.05) is 48.9 Å². The van der Waals surface area contributed by atoms with E-state index in [2.05, 4.69) is 10.6 Å². The Morgan fingerprint density at radius 3 is 2.30 bits per heavy atom. The SMILES string of the molecule is CC[C@@H](C)NC(=O)c1ccccc1NC(=O)CN(Cc1ccc(C)cc1)S(C)(=O)=O. The van der Waals surface area contributed by atoms with E-state index in [4.69, 9.17) is 0 Å². The number of carbonyl (C=O) groups is 2. The fourth-order valence-corrected chi connectivity index (χ4v) is 3.47. The third kappa shape index (κ3) is 6.96. The molecular weight excluding hydrogens is 402 g/mol. The first-order valence-corrected chi connectivity index (χ1v) is 11.7. The van der Waals surface area contributed by atoms with Gasteiger partial charge in [-0.25, -0.2) is 8.42 Å². The first-order chi connectivity index (χ1) is 14.1. The highest BCUT2D eigenvalue weighted by molar-refractivity contribution is 7.88. The van der Waals surface area contributed by atoms with Gasteiger partial charge in [0.25, 0.3) is 5.91 Å². The molecule has 0 bridgehead atoms. The minimum absolute atomic E-state index is 0.00325. The quantitative estimate of drug-likeness (QED) is 0.638. The molecule has 0 heterocycles. The normalized spacial score (nSPS) is 12.4. The zero-order valence-electron chi connectivity index (χ0n) is 17.8. The predicted octanol–water partition coefficient (Wildman–Crippen LogP) is 2.92. The highest BCUT2D eigenvalue weighted by Gasteiger charge is 2.22. The van der Waals surface area contributed by atoms with Crippen molar-refractivity contribution >= 4 is 27.5 Å². The summed E-state index contributed by atoms with van der Waals surface area (Å²) in [5, 5.41) is 5.54. The molecule has 2 N–H and O–H groups in total. The fourth-order valence-electron chi connectivity index (χ4n) is 2.73. The van der Waals surface area contributed by atoms with E-state index in [1.165, 1.54) is 0 Å². The van der Waals surface area contributed by atoms with E-state index in [9.17, 15) is 18.0 Å². The number of hydrogen-bond acceptors (Lipinski definition) is 4. The van der Waals surface area contributed by atoms with Crippen LogP contribution in [0.1, 0.15) is 41.8 Å². The van der Waals surface area contributed by atoms with Gasteiger partial charge in [0.1, 0.15) is 0 Å². The minimum Gasteiger partial charge on any atom is -0.350 e. The number of carbonyl (C=O) groups excluding carboxylic acids is 2. The Balaban J connectivity index is 2.14. The molecule has 2 rings (SSSR count). The number of para-hydroxylation sites is 1. The van der Waals surface area contributed by atoms with Gasteiger partial charge in [0.15, 0.2) is 0 Å². The number of nitrogens with zero attached hydrogens (tertiary/aromatic N) is 1. The number of benzene rings is 2. The maximum Gasteiger partial charge on any atom is 0.253 e. The maximum atomic E-state index is 12.6. The Hall–Kier alpha value is -2.71. The van der Waals surface area contributed by atoms with Crippen molar-refractivity contribution in [3.05, 3.63) is 65.2 Å². The standard InChI is InChI=1S/C22H29N3O4S/c1-5-17(3)23-22(27)19-8-6-7-9-20(19)24-21(26)15-25(30(4,28)29)14-18-12-10-16(2)11-13-18/h6-13,17H,5,14-15H2,1-4H3,(H,23,27)(H,24,26)/t17-/m1/s1. The van der Waals surface area contributed by atoms with Crippen LogP contribution in [-0.2, 0) is 21.4 Å². The van der Waals surface area contributed by atoms with Crippen molar-refractivity contribution in [2.24, 2.45) is 0 Å². The van der Waals surface area contributed by atoms with Gasteiger partial charge in [0, 0.05) is 12.6 Å². The van der Waals surface area contributed by atoms with Crippen molar-refractivity contribution < 1.29 is 18.0 Å². The average Bonchev–Trinajstić information content (AvgIpc) is 2.68. The van der Waals surface area contributed by atoms with Gasteiger partial charge in [-0.05, 0) is 38.0 Å². The summed E-state index contributed by atoms with van der Waals surface area (Å²) >= 11 is 0. The highest BCUT2D eigenvalue weighted by atomic mass is 32.2. The Morgan fingerprint density at radius 1 is 1.07 bits per heavy atom. The molecule has 8 heteroatoms. The van der Waals surface area contributed by atoms with Crippen LogP contribution in [0.15, 0.2) is 48.5 Å². The van der Waals surface area contributed by atoms with Crippen LogP contribution in [0.4, 0.5) is 5.69 Å². The molecule has 0 aliphatic carbocycles. The first kappa shape index (κ1) is 23.6. The molecule has 7 nitrogen and oxygen atoms in total. The largest absolute Gasteiger partial charge is 0.350 e. The lowest BCUT2D eigenvalue weighted by atomic mass is 10.1. The number of rotatable bonds is 9. The van der Waals surface area contributed by atoms with Gasteiger partial charge in [0.2, 0.25) is 15.9 Å². The van der Waals surface area contributed by atoms with Crippen molar-refractivity contribution in [2.75, 3.05) is 18.1 Å². The number of anilines is 1. The molecular formula is C22H29N3O4S. The fraction of sp³-hybridized carbons (Fsp3) is 0.364. The first-order valence-electron chi connectivity index (χ1n) is 9.80. The van der Waals surface area contributed by atoms with Gasteiger partial charge < -0.3 is 10.6 Å². The number of hydrogen-bond donors (Lipinski definition) is 2. The summed E-state index contributed by atoms with van der Waals surface area (Å²) in [6.07, 6.45) is 1.85. The van der Waals surface area contributed by atoms with Crippen LogP contribution in [0.5, 0.6) is 0 Å². The van der Waals surface area contributed by atoms with E-state index >= 15 is 0 Å². The van der Waals surface area contributed by atoms with Gasteiger partial charge in [-0.3, -0.25) is 9.59 Å². The van der Waals surface area contributed by atoms with Crippen LogP contribution in [0.3, 0.4) is 0 Å². The molecule has 0 aliphatic rings. The topological polar surface area (TPSA) is 95.6 Å². The molecule has 0 saturated carbocycles. The molecule has 0 aliphatic heterocycles. The number of amides is 2. The lowest BCUT2D eigenvalue weighted by Gasteiger charge is -2.20. The van der Waals surface area contributed by atoms with Gasteiger partial charge >= 0.3 is 0 Å². The molecule has 0 radical (unpaired) electrons. The summed E-state index contributed by atoms with van der Waals surface area (Å²) in [5.41, 5.74) is 2.52. The Bertz CT molecular complexity index is 988. The third-order valence-corrected chi connectivity index (χ3v) is 5.90. The van der Waals surface area contributed by atoms with E-state index in [1.807, 2.05) is 45.0 Å². The molecule has 30 heavy (non-hydrogen) atoms. The number of aryl methyl sites for hydroxylation is 1. The Kier molecular flexibility index (Phi) is 8.14. The summed E-state index contributed by atoms with van der Waals surface area (Å²) in [6, 6.07) is 14.1. The zero-order valence-corrected chi connectivity index (χ0v) is 18.6. The van der Waals surface area contributed by atoms with Gasteiger partial charge in [0.05, 0.1) is 24.1 Å². The third-order valence-electron chi connectivity index (χ3n) is 4.70. The molecule has 0 unspecified atom stereocenters. The van der Waals surface area contributed by atoms with Gasteiger partial charge in [-0.15, -0.1) is 0 Å². The van der Waals surface area contributed by atoms with Crippen molar-refractivity contribution in [3.8, 4) is 0 Å². The van der Waals surface area contributed by atoms with Crippen LogP contribution < -0.4 is 10.6 Å². The van der Waals surface area contributed by atoms with Gasteiger partial charge in [-0.2, -0.15) is 4.31 Å². The molecule has 0 aromatic heterocycles. The second-order valence-corrected chi connectivity index (χ2v) is 9.38. The second-order valence-electron chi connectivity index (χ2n) is 7.39. The molecule has 0 spiro atoms. The molecule has 0 saturated heterocycles. The highest BCUT2D eigenvalue weighted by Crippen LogP contribution is 2.16. The van der Waals surface area contributed by atoms with E-state index in [1.54, 1.807) is 24.3 Å². The van der Waals surface area contributed by atoms with E-state index in [0.717, 1.165) is 28.1 Å². The van der Waals surface area contributed by atoms with Crippen molar-refractivity contribution in [1.82, 2.24) is 9.62 Å². The van der Waals surface area contributed by atoms with Crippen LogP contribution in [0, 0.1) is 6.92 Å². The zero-order chi connectivity index (χ0) is 22.3. The summed E-state index contributed by atoms with van der Waals surface area (Å²) in [5.74, 6) is -0.809. The molecule has 1 atom stereocenters. The van der Waals surface area contributed by atoms with E-state index in [-0.39, 0.29) is 25.0 Å². The Labute approximate surface area is 178 Å². The molecule has 162 valence electrons. The lowest BCUT2D eigenvalue weighted by Crippen LogP contribution is -2.37. The molecule has 2 aromatic rings. The Morgan fingerprint density at radius 2 is 1.70 bits per heavy atom. The monoisotopic (exact) mass is 431 g/mol. The molecule has 2 amide bonds. The van der Waals surface area contributed by atoms with Crippen molar-refractivity contribution in [1.29, 1.82) is 0 Å². The van der Waals surface area contributed by atoms with E-state index < -0.39 is 15.9 Å². The smallest absolute Gasteiger partial charge is 0.253 e. The summed E-state index contributed by atoms with van der Waals surface area (Å²) in [7, 11) is -3.61. The summed E-state index contributed by atoms with van der Waals surface area (Å²) < 4.78 is 25.5. The minimum atomic E-state index is -3.61. The molecule has 0 fully saturated rings. The predicted molar refractivity (Wildman–Crippen MR) is 119 cm³/mol. The lowest BCUT2D eigenvalue weighted by molar-refractivity contribution is -0.116. The second kappa shape index (κ2) is 10.4. The van der Waals surface area contributed by atoms with Crippen LogP contribution in [-0.4, -0.2) is 43.4 Å². The molecule has 2 aromatic carbocycles. The van der Waals surface area contributed by atoms with Crippen LogP contribution >= 0.6 is 0 Å². The summed E-state index contributed by atoms with van der Waals surface area (Å²) in [6.45, 7) is 5.54. The van der Waals surface area contributed by atoms with Crippen LogP contribution in [0.25, 0.3) is 0 Å². The number of nitrogens with one attached hydrogen (secondary N) is 2. The number of sulfonamides is 1. The van der Waals surface area contributed by atoms with Crippen molar-refractivity contribution in [2.45, 2.75) is 39.8 Å².